The van der Waals surface area contributed by atoms with E-state index < -0.39 is 6.29 Å². The molecule has 0 radical (unpaired) electrons. The molecular formula is C7H14O3. The van der Waals surface area contributed by atoms with Crippen molar-refractivity contribution in [2.75, 3.05) is 13.7 Å². The van der Waals surface area contributed by atoms with Crippen molar-refractivity contribution in [3.8, 4) is 0 Å². The molecule has 0 spiro atoms. The van der Waals surface area contributed by atoms with Crippen LogP contribution in [0.15, 0.2) is 0 Å². The van der Waals surface area contributed by atoms with E-state index in [2.05, 4.69) is 0 Å². The summed E-state index contributed by atoms with van der Waals surface area (Å²) in [6.45, 7) is 0.755. The number of rotatable bonds is 2. The fourth-order valence-electron chi connectivity index (χ4n) is 1.14. The molecule has 0 aromatic heterocycles. The molecule has 1 aliphatic rings. The van der Waals surface area contributed by atoms with E-state index in [0.717, 1.165) is 25.9 Å². The van der Waals surface area contributed by atoms with Crippen LogP contribution in [-0.4, -0.2) is 31.2 Å². The summed E-state index contributed by atoms with van der Waals surface area (Å²) >= 11 is 0. The number of methoxy groups -OCH3 is 1. The Hall–Kier alpha value is -0.120. The van der Waals surface area contributed by atoms with E-state index in [9.17, 15) is 0 Å². The van der Waals surface area contributed by atoms with Crippen LogP contribution in [0.2, 0.25) is 0 Å². The summed E-state index contributed by atoms with van der Waals surface area (Å²) in [6, 6.07) is 0. The van der Waals surface area contributed by atoms with Gasteiger partial charge in [-0.05, 0) is 19.3 Å². The molecule has 2 atom stereocenters. The minimum atomic E-state index is -0.736. The first-order valence-electron chi connectivity index (χ1n) is 3.67. The van der Waals surface area contributed by atoms with E-state index >= 15 is 0 Å². The molecule has 0 saturated carbocycles. The molecule has 10 heavy (non-hydrogen) atoms. The van der Waals surface area contributed by atoms with Crippen LogP contribution in [0.4, 0.5) is 0 Å². The molecule has 1 N–H and O–H groups in total. The van der Waals surface area contributed by atoms with E-state index in [1.165, 1.54) is 7.11 Å². The zero-order valence-electron chi connectivity index (χ0n) is 6.25. The van der Waals surface area contributed by atoms with Gasteiger partial charge in [0.1, 0.15) is 6.10 Å². The molecule has 0 amide bonds. The second kappa shape index (κ2) is 3.91. The smallest absolute Gasteiger partial charge is 0.180 e. The van der Waals surface area contributed by atoms with Gasteiger partial charge in [0.15, 0.2) is 6.29 Å². The van der Waals surface area contributed by atoms with Gasteiger partial charge in [-0.3, -0.25) is 0 Å². The van der Waals surface area contributed by atoms with Crippen LogP contribution in [0.3, 0.4) is 0 Å². The molecule has 1 aliphatic heterocycles. The van der Waals surface area contributed by atoms with Crippen LogP contribution in [0, 0.1) is 0 Å². The molecular weight excluding hydrogens is 132 g/mol. The van der Waals surface area contributed by atoms with Crippen molar-refractivity contribution >= 4 is 0 Å². The standard InChI is InChI=1S/C7H14O3/c1-9-7(8)6-4-2-3-5-10-6/h6-8H,2-5H2,1H3/t6?,7-/m0/s1. The average Bonchev–Trinajstić information content (AvgIpc) is 2.05. The number of ether oxygens (including phenoxy) is 2. The topological polar surface area (TPSA) is 38.7 Å². The zero-order valence-corrected chi connectivity index (χ0v) is 6.25. The molecule has 0 aromatic rings. The Balaban J connectivity index is 2.24. The lowest BCUT2D eigenvalue weighted by Gasteiger charge is -2.25. The maximum absolute atomic E-state index is 9.14. The number of hydrogen-bond acceptors (Lipinski definition) is 3. The lowest BCUT2D eigenvalue weighted by molar-refractivity contribution is -0.174. The van der Waals surface area contributed by atoms with E-state index in [0.29, 0.717) is 0 Å². The summed E-state index contributed by atoms with van der Waals surface area (Å²) in [5, 5.41) is 9.14. The Morgan fingerprint density at radius 1 is 1.60 bits per heavy atom. The molecule has 3 nitrogen and oxygen atoms in total. The third-order valence-electron chi connectivity index (χ3n) is 1.77. The largest absolute Gasteiger partial charge is 0.373 e. The molecule has 60 valence electrons. The first-order valence-corrected chi connectivity index (χ1v) is 3.67. The summed E-state index contributed by atoms with van der Waals surface area (Å²) in [7, 11) is 1.49. The van der Waals surface area contributed by atoms with Crippen LogP contribution < -0.4 is 0 Å². The fourth-order valence-corrected chi connectivity index (χ4v) is 1.14. The first-order chi connectivity index (χ1) is 4.84. The van der Waals surface area contributed by atoms with Crippen molar-refractivity contribution in [3.05, 3.63) is 0 Å². The predicted octanol–water partition coefficient (Wildman–Crippen LogP) is 0.520. The summed E-state index contributed by atoms with van der Waals surface area (Å²) in [5.41, 5.74) is 0. The van der Waals surface area contributed by atoms with E-state index in [-0.39, 0.29) is 6.10 Å². The van der Waals surface area contributed by atoms with Crippen molar-refractivity contribution < 1.29 is 14.6 Å². The predicted molar refractivity (Wildman–Crippen MR) is 36.6 cm³/mol. The highest BCUT2D eigenvalue weighted by atomic mass is 16.6. The highest BCUT2D eigenvalue weighted by Crippen LogP contribution is 2.15. The Morgan fingerprint density at radius 3 is 2.90 bits per heavy atom. The maximum atomic E-state index is 9.14. The SMILES string of the molecule is CO[C@H](O)C1CCCCO1. The van der Waals surface area contributed by atoms with Crippen LogP contribution in [0.1, 0.15) is 19.3 Å². The quantitative estimate of drug-likeness (QED) is 0.577. The Labute approximate surface area is 60.9 Å². The molecule has 0 bridgehead atoms. The fraction of sp³-hybridized carbons (Fsp3) is 1.00. The lowest BCUT2D eigenvalue weighted by atomic mass is 10.1. The highest BCUT2D eigenvalue weighted by Gasteiger charge is 2.21. The van der Waals surface area contributed by atoms with Crippen molar-refractivity contribution in [2.45, 2.75) is 31.7 Å². The van der Waals surface area contributed by atoms with Gasteiger partial charge in [-0.1, -0.05) is 0 Å². The van der Waals surface area contributed by atoms with Gasteiger partial charge < -0.3 is 14.6 Å². The molecule has 1 fully saturated rings. The minimum Gasteiger partial charge on any atom is -0.373 e. The van der Waals surface area contributed by atoms with E-state index in [4.69, 9.17) is 14.6 Å². The molecule has 1 unspecified atom stereocenters. The molecule has 0 aliphatic carbocycles. The molecule has 1 heterocycles. The van der Waals surface area contributed by atoms with Crippen LogP contribution in [0.25, 0.3) is 0 Å². The summed E-state index contributed by atoms with van der Waals surface area (Å²) in [4.78, 5) is 0. The van der Waals surface area contributed by atoms with Crippen LogP contribution in [-0.2, 0) is 9.47 Å². The first kappa shape index (κ1) is 7.98. The number of hydrogen-bond donors (Lipinski definition) is 1. The Morgan fingerprint density at radius 2 is 2.40 bits per heavy atom. The van der Waals surface area contributed by atoms with E-state index in [1.807, 2.05) is 0 Å². The van der Waals surface area contributed by atoms with Gasteiger partial charge >= 0.3 is 0 Å². The van der Waals surface area contributed by atoms with Gasteiger partial charge in [0, 0.05) is 13.7 Å². The van der Waals surface area contributed by atoms with Gasteiger partial charge in [-0.2, -0.15) is 0 Å². The monoisotopic (exact) mass is 146 g/mol. The Bertz CT molecular complexity index is 88.9. The third kappa shape index (κ3) is 1.94. The molecule has 1 saturated heterocycles. The van der Waals surface area contributed by atoms with E-state index in [1.54, 1.807) is 0 Å². The van der Waals surface area contributed by atoms with Gasteiger partial charge in [0.25, 0.3) is 0 Å². The number of aliphatic hydroxyl groups is 1. The van der Waals surface area contributed by atoms with Gasteiger partial charge in [0.2, 0.25) is 0 Å². The zero-order chi connectivity index (χ0) is 7.40. The summed E-state index contributed by atoms with van der Waals surface area (Å²) < 4.78 is 9.98. The lowest BCUT2D eigenvalue weighted by Crippen LogP contribution is -2.33. The average molecular weight is 146 g/mol. The molecule has 3 heteroatoms. The van der Waals surface area contributed by atoms with Crippen LogP contribution in [0.5, 0.6) is 0 Å². The normalized spacial score (nSPS) is 30.0. The van der Waals surface area contributed by atoms with Crippen molar-refractivity contribution in [1.82, 2.24) is 0 Å². The molecule has 0 aromatic carbocycles. The van der Waals surface area contributed by atoms with Crippen molar-refractivity contribution in [2.24, 2.45) is 0 Å². The van der Waals surface area contributed by atoms with Crippen molar-refractivity contribution in [3.63, 3.8) is 0 Å². The third-order valence-corrected chi connectivity index (χ3v) is 1.77. The Kier molecular flexibility index (Phi) is 3.12. The highest BCUT2D eigenvalue weighted by molar-refractivity contribution is 4.65. The minimum absolute atomic E-state index is 0.0984. The maximum Gasteiger partial charge on any atom is 0.180 e. The number of aliphatic hydroxyl groups excluding tert-OH is 1. The van der Waals surface area contributed by atoms with Gasteiger partial charge in [-0.15, -0.1) is 0 Å². The summed E-state index contributed by atoms with van der Waals surface area (Å²) in [6.07, 6.45) is 2.31. The van der Waals surface area contributed by atoms with Crippen molar-refractivity contribution in [1.29, 1.82) is 0 Å². The molecule has 1 rings (SSSR count). The summed E-state index contributed by atoms with van der Waals surface area (Å²) in [5.74, 6) is 0. The van der Waals surface area contributed by atoms with Gasteiger partial charge in [-0.25, -0.2) is 0 Å². The van der Waals surface area contributed by atoms with Gasteiger partial charge in [0.05, 0.1) is 0 Å². The van der Waals surface area contributed by atoms with Crippen LogP contribution >= 0.6 is 0 Å². The second-order valence-electron chi connectivity index (χ2n) is 2.53. The second-order valence-corrected chi connectivity index (χ2v) is 2.53.